The molecule has 2 heterocycles. The molecule has 3 N–H and O–H groups in total. The Bertz CT molecular complexity index is 447. The highest BCUT2D eigenvalue weighted by Crippen LogP contribution is 2.17. The molecular formula is C11H16N4O. The second kappa shape index (κ2) is 4.00. The molecule has 1 amide bonds. The van der Waals surface area contributed by atoms with E-state index in [9.17, 15) is 4.79 Å². The number of aromatic nitrogens is 2. The highest BCUT2D eigenvalue weighted by atomic mass is 16.2. The summed E-state index contributed by atoms with van der Waals surface area (Å²) in [4.78, 5) is 13.9. The summed E-state index contributed by atoms with van der Waals surface area (Å²) in [6, 6.07) is 0. The number of anilines is 1. The maximum Gasteiger partial charge on any atom is 0.276 e. The molecule has 86 valence electrons. The van der Waals surface area contributed by atoms with Crippen molar-refractivity contribution in [2.24, 2.45) is 0 Å². The average Bonchev–Trinajstić information content (AvgIpc) is 2.59. The molecule has 1 aliphatic rings. The van der Waals surface area contributed by atoms with Crippen LogP contribution in [0.2, 0.25) is 0 Å². The number of carbonyl (C=O) groups is 1. The molecule has 0 atom stereocenters. The number of rotatable bonds is 1. The normalized spacial score (nSPS) is 16.1. The predicted molar refractivity (Wildman–Crippen MR) is 62.0 cm³/mol. The average molecular weight is 220 g/mol. The molecule has 0 bridgehead atoms. The zero-order valence-electron chi connectivity index (χ0n) is 9.58. The Morgan fingerprint density at radius 2 is 2.31 bits per heavy atom. The molecule has 1 aliphatic heterocycles. The Labute approximate surface area is 94.3 Å². The van der Waals surface area contributed by atoms with Gasteiger partial charge in [-0.1, -0.05) is 11.6 Å². The Morgan fingerprint density at radius 1 is 1.56 bits per heavy atom. The van der Waals surface area contributed by atoms with Gasteiger partial charge in [0.25, 0.3) is 5.91 Å². The number of nitrogen functional groups attached to an aromatic ring is 1. The number of H-pyrrole nitrogens is 1. The highest BCUT2D eigenvalue weighted by Gasteiger charge is 2.23. The van der Waals surface area contributed by atoms with Crippen LogP contribution in [0.15, 0.2) is 11.6 Å². The van der Waals surface area contributed by atoms with Gasteiger partial charge in [0.15, 0.2) is 5.69 Å². The third-order valence-corrected chi connectivity index (χ3v) is 2.82. The van der Waals surface area contributed by atoms with Crippen molar-refractivity contribution in [3.05, 3.63) is 23.0 Å². The lowest BCUT2D eigenvalue weighted by Gasteiger charge is -2.25. The zero-order valence-corrected chi connectivity index (χ0v) is 9.58. The number of hydrogen-bond acceptors (Lipinski definition) is 3. The number of amides is 1. The Hall–Kier alpha value is -1.78. The Morgan fingerprint density at radius 3 is 2.88 bits per heavy atom. The van der Waals surface area contributed by atoms with Crippen LogP contribution < -0.4 is 5.73 Å². The van der Waals surface area contributed by atoms with Crippen molar-refractivity contribution in [2.45, 2.75) is 20.3 Å². The van der Waals surface area contributed by atoms with E-state index in [1.54, 1.807) is 11.8 Å². The lowest BCUT2D eigenvalue weighted by atomic mass is 10.1. The van der Waals surface area contributed by atoms with Gasteiger partial charge >= 0.3 is 0 Å². The molecule has 0 unspecified atom stereocenters. The molecule has 2 rings (SSSR count). The number of aromatic amines is 1. The zero-order chi connectivity index (χ0) is 11.7. The maximum atomic E-state index is 12.1. The summed E-state index contributed by atoms with van der Waals surface area (Å²) >= 11 is 0. The summed E-state index contributed by atoms with van der Waals surface area (Å²) in [7, 11) is 0. The Kier molecular flexibility index (Phi) is 2.68. The third kappa shape index (κ3) is 1.80. The van der Waals surface area contributed by atoms with Gasteiger partial charge in [-0.05, 0) is 20.3 Å². The van der Waals surface area contributed by atoms with Crippen LogP contribution in [-0.4, -0.2) is 34.1 Å². The van der Waals surface area contributed by atoms with E-state index >= 15 is 0 Å². The largest absolute Gasteiger partial charge is 0.395 e. The van der Waals surface area contributed by atoms with E-state index in [-0.39, 0.29) is 5.91 Å². The van der Waals surface area contributed by atoms with Crippen LogP contribution >= 0.6 is 0 Å². The third-order valence-electron chi connectivity index (χ3n) is 2.82. The molecule has 0 saturated heterocycles. The number of nitrogens with two attached hydrogens (primary N) is 1. The standard InChI is InChI=1S/C11H16N4O/c1-7-4-3-5-15(6-7)11(16)10-9(12)8(2)13-14-10/h4H,3,5-6,12H2,1-2H3,(H,13,14). The molecule has 0 aromatic carbocycles. The van der Waals surface area contributed by atoms with Crippen molar-refractivity contribution < 1.29 is 4.79 Å². The van der Waals surface area contributed by atoms with Crippen LogP contribution in [0.5, 0.6) is 0 Å². The van der Waals surface area contributed by atoms with E-state index in [1.165, 1.54) is 5.57 Å². The molecule has 0 radical (unpaired) electrons. The van der Waals surface area contributed by atoms with Crippen LogP contribution in [0.25, 0.3) is 0 Å². The summed E-state index contributed by atoms with van der Waals surface area (Å²) in [6.07, 6.45) is 3.06. The number of aryl methyl sites for hydroxylation is 1. The second-order valence-electron chi connectivity index (χ2n) is 4.18. The van der Waals surface area contributed by atoms with Gasteiger partial charge in [0, 0.05) is 13.1 Å². The number of carbonyl (C=O) groups excluding carboxylic acids is 1. The van der Waals surface area contributed by atoms with E-state index in [0.717, 1.165) is 18.7 Å². The lowest BCUT2D eigenvalue weighted by Crippen LogP contribution is -2.36. The Balaban J connectivity index is 2.20. The van der Waals surface area contributed by atoms with E-state index < -0.39 is 0 Å². The molecular weight excluding hydrogens is 204 g/mol. The molecule has 16 heavy (non-hydrogen) atoms. The van der Waals surface area contributed by atoms with Gasteiger partial charge in [-0.2, -0.15) is 5.10 Å². The van der Waals surface area contributed by atoms with Gasteiger partial charge in [-0.25, -0.2) is 0 Å². The first-order chi connectivity index (χ1) is 7.59. The molecule has 0 spiro atoms. The minimum absolute atomic E-state index is 0.0886. The van der Waals surface area contributed by atoms with Crippen molar-refractivity contribution in [1.82, 2.24) is 15.1 Å². The fourth-order valence-corrected chi connectivity index (χ4v) is 1.84. The molecule has 0 fully saturated rings. The molecule has 0 aliphatic carbocycles. The van der Waals surface area contributed by atoms with Gasteiger partial charge in [0.2, 0.25) is 0 Å². The molecule has 0 saturated carbocycles. The minimum Gasteiger partial charge on any atom is -0.395 e. The monoisotopic (exact) mass is 220 g/mol. The number of nitrogens with one attached hydrogen (secondary N) is 1. The SMILES string of the molecule is CC1=CCCN(C(=O)c2n[nH]c(C)c2N)C1. The van der Waals surface area contributed by atoms with E-state index in [4.69, 9.17) is 5.73 Å². The molecule has 5 heteroatoms. The number of nitrogens with zero attached hydrogens (tertiary/aromatic N) is 2. The summed E-state index contributed by atoms with van der Waals surface area (Å²) in [5.74, 6) is -0.0886. The van der Waals surface area contributed by atoms with Crippen LogP contribution in [0.4, 0.5) is 5.69 Å². The van der Waals surface area contributed by atoms with E-state index in [2.05, 4.69) is 16.3 Å². The van der Waals surface area contributed by atoms with Gasteiger partial charge in [-0.15, -0.1) is 0 Å². The molecule has 1 aromatic heterocycles. The summed E-state index contributed by atoms with van der Waals surface area (Å²) < 4.78 is 0. The van der Waals surface area contributed by atoms with Gasteiger partial charge < -0.3 is 10.6 Å². The summed E-state index contributed by atoms with van der Waals surface area (Å²) in [5.41, 5.74) is 8.54. The predicted octanol–water partition coefficient (Wildman–Crippen LogP) is 1.09. The van der Waals surface area contributed by atoms with Crippen LogP contribution in [0.1, 0.15) is 29.5 Å². The van der Waals surface area contributed by atoms with Gasteiger partial charge in [0.05, 0.1) is 11.4 Å². The summed E-state index contributed by atoms with van der Waals surface area (Å²) in [5, 5.41) is 6.69. The smallest absolute Gasteiger partial charge is 0.276 e. The van der Waals surface area contributed by atoms with Gasteiger partial charge in [0.1, 0.15) is 0 Å². The van der Waals surface area contributed by atoms with Crippen LogP contribution in [-0.2, 0) is 0 Å². The maximum absolute atomic E-state index is 12.1. The van der Waals surface area contributed by atoms with Crippen molar-refractivity contribution in [3.8, 4) is 0 Å². The highest BCUT2D eigenvalue weighted by molar-refractivity contribution is 5.97. The first kappa shape index (κ1) is 10.7. The van der Waals surface area contributed by atoms with Crippen molar-refractivity contribution >= 4 is 11.6 Å². The van der Waals surface area contributed by atoms with E-state index in [1.807, 2.05) is 6.92 Å². The van der Waals surface area contributed by atoms with E-state index in [0.29, 0.717) is 17.9 Å². The summed E-state index contributed by atoms with van der Waals surface area (Å²) in [6.45, 7) is 5.24. The second-order valence-corrected chi connectivity index (χ2v) is 4.18. The lowest BCUT2D eigenvalue weighted by molar-refractivity contribution is 0.0761. The van der Waals surface area contributed by atoms with Gasteiger partial charge in [-0.3, -0.25) is 9.89 Å². The van der Waals surface area contributed by atoms with Crippen LogP contribution in [0, 0.1) is 6.92 Å². The molecule has 5 nitrogen and oxygen atoms in total. The van der Waals surface area contributed by atoms with Crippen LogP contribution in [0.3, 0.4) is 0 Å². The fourth-order valence-electron chi connectivity index (χ4n) is 1.84. The minimum atomic E-state index is -0.0886. The quantitative estimate of drug-likeness (QED) is 0.696. The van der Waals surface area contributed by atoms with Crippen molar-refractivity contribution in [2.75, 3.05) is 18.8 Å². The van der Waals surface area contributed by atoms with Crippen molar-refractivity contribution in [3.63, 3.8) is 0 Å². The number of hydrogen-bond donors (Lipinski definition) is 2. The first-order valence-electron chi connectivity index (χ1n) is 5.35. The van der Waals surface area contributed by atoms with Crippen molar-refractivity contribution in [1.29, 1.82) is 0 Å². The topological polar surface area (TPSA) is 75.0 Å². The fraction of sp³-hybridized carbons (Fsp3) is 0.455. The molecule has 1 aromatic rings. The first-order valence-corrected chi connectivity index (χ1v) is 5.35.